The summed E-state index contributed by atoms with van der Waals surface area (Å²) in [5.41, 5.74) is 6.09. The number of carboxylic acids is 1. The van der Waals surface area contributed by atoms with Crippen LogP contribution in [0.4, 0.5) is 5.69 Å². The van der Waals surface area contributed by atoms with Gasteiger partial charge in [0.1, 0.15) is 11.8 Å². The van der Waals surface area contributed by atoms with E-state index in [1.807, 2.05) is 14.0 Å². The number of aromatic carboxylic acids is 1. The molecule has 2 N–H and O–H groups in total. The van der Waals surface area contributed by atoms with Crippen molar-refractivity contribution in [2.45, 2.75) is 6.92 Å². The maximum absolute atomic E-state index is 10.7. The Hall–Kier alpha value is -3.07. The number of nitrogens with zero attached hydrogens (tertiary/aromatic N) is 3. The van der Waals surface area contributed by atoms with Crippen LogP contribution in [0.5, 0.6) is 0 Å². The number of carboxylic acid groups (broad SMARTS) is 1. The third-order valence-corrected chi connectivity index (χ3v) is 3.22. The molecule has 21 heavy (non-hydrogen) atoms. The SMILES string of the molecule is Cc1c(/C=N/Nc2ccc(C(=O)O)cc2)cc(C#N)n1C. The molecule has 0 amide bonds. The largest absolute Gasteiger partial charge is 0.478 e. The molecule has 0 aliphatic carbocycles. The van der Waals surface area contributed by atoms with Crippen molar-refractivity contribution in [1.82, 2.24) is 4.57 Å². The van der Waals surface area contributed by atoms with Crippen LogP contribution >= 0.6 is 0 Å². The van der Waals surface area contributed by atoms with Gasteiger partial charge in [-0.15, -0.1) is 0 Å². The smallest absolute Gasteiger partial charge is 0.335 e. The molecule has 0 saturated heterocycles. The Bertz CT molecular complexity index is 736. The predicted molar refractivity (Wildman–Crippen MR) is 79.5 cm³/mol. The van der Waals surface area contributed by atoms with Crippen LogP contribution in [0.2, 0.25) is 0 Å². The fourth-order valence-corrected chi connectivity index (χ4v) is 1.82. The molecule has 0 unspecified atom stereocenters. The number of hydrazone groups is 1. The number of hydrogen-bond acceptors (Lipinski definition) is 4. The van der Waals surface area contributed by atoms with Crippen LogP contribution in [-0.4, -0.2) is 21.9 Å². The number of nitriles is 1. The average molecular weight is 282 g/mol. The van der Waals surface area contributed by atoms with Gasteiger partial charge in [0.2, 0.25) is 0 Å². The van der Waals surface area contributed by atoms with E-state index in [-0.39, 0.29) is 5.56 Å². The van der Waals surface area contributed by atoms with Crippen molar-refractivity contribution in [3.8, 4) is 6.07 Å². The van der Waals surface area contributed by atoms with E-state index in [4.69, 9.17) is 10.4 Å². The fourth-order valence-electron chi connectivity index (χ4n) is 1.82. The fraction of sp³-hybridized carbons (Fsp3) is 0.133. The van der Waals surface area contributed by atoms with E-state index >= 15 is 0 Å². The van der Waals surface area contributed by atoms with Gasteiger partial charge >= 0.3 is 5.97 Å². The summed E-state index contributed by atoms with van der Waals surface area (Å²) in [6.45, 7) is 1.91. The molecular weight excluding hydrogens is 268 g/mol. The van der Waals surface area contributed by atoms with E-state index < -0.39 is 5.97 Å². The Labute approximate surface area is 121 Å². The molecule has 6 heteroatoms. The summed E-state index contributed by atoms with van der Waals surface area (Å²) in [4.78, 5) is 10.7. The van der Waals surface area contributed by atoms with E-state index in [1.165, 1.54) is 12.1 Å². The van der Waals surface area contributed by atoms with Gasteiger partial charge in [-0.1, -0.05) is 0 Å². The molecule has 2 rings (SSSR count). The second kappa shape index (κ2) is 5.92. The van der Waals surface area contributed by atoms with Crippen LogP contribution in [-0.2, 0) is 7.05 Å². The van der Waals surface area contributed by atoms with E-state index in [0.717, 1.165) is 11.3 Å². The quantitative estimate of drug-likeness (QED) is 0.665. The summed E-state index contributed by atoms with van der Waals surface area (Å²) in [6, 6.07) is 10.1. The van der Waals surface area contributed by atoms with Gasteiger partial charge in [-0.3, -0.25) is 5.43 Å². The number of carbonyl (C=O) groups is 1. The highest BCUT2D eigenvalue weighted by Gasteiger charge is 2.06. The first-order valence-corrected chi connectivity index (χ1v) is 6.21. The molecule has 0 bridgehead atoms. The maximum Gasteiger partial charge on any atom is 0.335 e. The van der Waals surface area contributed by atoms with Gasteiger partial charge in [0, 0.05) is 18.3 Å². The normalized spacial score (nSPS) is 10.5. The Kier molecular flexibility index (Phi) is 4.05. The molecule has 0 spiro atoms. The molecule has 1 heterocycles. The first-order chi connectivity index (χ1) is 10.0. The highest BCUT2D eigenvalue weighted by atomic mass is 16.4. The molecule has 106 valence electrons. The third kappa shape index (κ3) is 3.09. The average Bonchev–Trinajstić information content (AvgIpc) is 2.75. The molecule has 0 radical (unpaired) electrons. The zero-order valence-corrected chi connectivity index (χ0v) is 11.7. The molecule has 0 aliphatic rings. The van der Waals surface area contributed by atoms with Gasteiger partial charge < -0.3 is 9.67 Å². The zero-order chi connectivity index (χ0) is 15.4. The number of aromatic nitrogens is 1. The van der Waals surface area contributed by atoms with Gasteiger partial charge in [-0.2, -0.15) is 10.4 Å². The molecule has 6 nitrogen and oxygen atoms in total. The van der Waals surface area contributed by atoms with Gasteiger partial charge in [0.05, 0.1) is 17.5 Å². The molecule has 0 atom stereocenters. The van der Waals surface area contributed by atoms with Gasteiger partial charge in [0.15, 0.2) is 0 Å². The Morgan fingerprint density at radius 2 is 2.10 bits per heavy atom. The summed E-state index contributed by atoms with van der Waals surface area (Å²) in [5, 5.41) is 21.8. The zero-order valence-electron chi connectivity index (χ0n) is 11.7. The van der Waals surface area contributed by atoms with Crippen LogP contribution in [0.3, 0.4) is 0 Å². The van der Waals surface area contributed by atoms with E-state index in [1.54, 1.807) is 29.0 Å². The van der Waals surface area contributed by atoms with E-state index in [0.29, 0.717) is 11.4 Å². The summed E-state index contributed by atoms with van der Waals surface area (Å²) >= 11 is 0. The second-order valence-electron chi connectivity index (χ2n) is 4.49. The molecule has 1 aromatic carbocycles. The summed E-state index contributed by atoms with van der Waals surface area (Å²) < 4.78 is 1.79. The molecule has 0 fully saturated rings. The van der Waals surface area contributed by atoms with Crippen LogP contribution in [0.1, 0.15) is 27.3 Å². The van der Waals surface area contributed by atoms with Gasteiger partial charge in [0.25, 0.3) is 0 Å². The van der Waals surface area contributed by atoms with Crippen molar-refractivity contribution in [1.29, 1.82) is 5.26 Å². The van der Waals surface area contributed by atoms with Crippen molar-refractivity contribution >= 4 is 17.9 Å². The van der Waals surface area contributed by atoms with Crippen molar-refractivity contribution in [2.24, 2.45) is 12.1 Å². The second-order valence-corrected chi connectivity index (χ2v) is 4.49. The van der Waals surface area contributed by atoms with Gasteiger partial charge in [-0.05, 0) is 37.3 Å². The lowest BCUT2D eigenvalue weighted by Crippen LogP contribution is -1.97. The van der Waals surface area contributed by atoms with Crippen LogP contribution in [0.25, 0.3) is 0 Å². The van der Waals surface area contributed by atoms with Crippen molar-refractivity contribution in [2.75, 3.05) is 5.43 Å². The molecule has 2 aromatic rings. The lowest BCUT2D eigenvalue weighted by Gasteiger charge is -2.01. The first-order valence-electron chi connectivity index (χ1n) is 6.21. The third-order valence-electron chi connectivity index (χ3n) is 3.22. The summed E-state index contributed by atoms with van der Waals surface area (Å²) in [7, 11) is 1.82. The lowest BCUT2D eigenvalue weighted by atomic mass is 10.2. The summed E-state index contributed by atoms with van der Waals surface area (Å²) in [6.07, 6.45) is 1.63. The molecular formula is C15H14N4O2. The minimum atomic E-state index is -0.964. The van der Waals surface area contributed by atoms with Crippen LogP contribution in [0, 0.1) is 18.3 Å². The number of hydrogen-bond donors (Lipinski definition) is 2. The Morgan fingerprint density at radius 1 is 1.43 bits per heavy atom. The predicted octanol–water partition coefficient (Wildman–Crippen LogP) is 2.35. The summed E-state index contributed by atoms with van der Waals surface area (Å²) in [5.74, 6) is -0.964. The Balaban J connectivity index is 2.09. The van der Waals surface area contributed by atoms with Crippen molar-refractivity contribution in [3.05, 3.63) is 52.8 Å². The number of rotatable bonds is 4. The molecule has 0 aliphatic heterocycles. The Morgan fingerprint density at radius 3 is 2.62 bits per heavy atom. The number of benzene rings is 1. The minimum absolute atomic E-state index is 0.224. The highest BCUT2D eigenvalue weighted by Crippen LogP contribution is 2.12. The number of anilines is 1. The van der Waals surface area contributed by atoms with Crippen molar-refractivity contribution in [3.63, 3.8) is 0 Å². The highest BCUT2D eigenvalue weighted by molar-refractivity contribution is 5.88. The van der Waals surface area contributed by atoms with Gasteiger partial charge in [-0.25, -0.2) is 4.79 Å². The molecule has 1 aromatic heterocycles. The minimum Gasteiger partial charge on any atom is -0.478 e. The van der Waals surface area contributed by atoms with Crippen molar-refractivity contribution < 1.29 is 9.90 Å². The topological polar surface area (TPSA) is 90.4 Å². The monoisotopic (exact) mass is 282 g/mol. The number of nitrogens with one attached hydrogen (secondary N) is 1. The van der Waals surface area contributed by atoms with E-state index in [9.17, 15) is 4.79 Å². The maximum atomic E-state index is 10.7. The van der Waals surface area contributed by atoms with E-state index in [2.05, 4.69) is 16.6 Å². The van der Waals surface area contributed by atoms with Crippen LogP contribution in [0.15, 0.2) is 35.4 Å². The lowest BCUT2D eigenvalue weighted by molar-refractivity contribution is 0.0697. The standard InChI is InChI=1S/C15H14N4O2/c1-10-12(7-14(8-16)19(10)2)9-17-18-13-5-3-11(4-6-13)15(20)21/h3-7,9,18H,1-2H3,(H,20,21)/b17-9+. The molecule has 0 saturated carbocycles. The first kappa shape index (κ1) is 14.3. The van der Waals surface area contributed by atoms with Crippen LogP contribution < -0.4 is 5.43 Å².